The maximum atomic E-state index is 9.47. The molecular formula is C6H12N2O5P+. The number of hydrogen-bond donors (Lipinski definition) is 4. The van der Waals surface area contributed by atoms with Gasteiger partial charge in [-0.15, -0.1) is 9.79 Å². The summed E-state index contributed by atoms with van der Waals surface area (Å²) in [4.78, 5) is 33.2. The molecule has 0 atom stereocenters. The number of amides is 2. The largest absolute Gasteiger partial charge is 0.692 e. The summed E-state index contributed by atoms with van der Waals surface area (Å²) in [5.41, 5.74) is 9.07. The van der Waals surface area contributed by atoms with E-state index in [1.165, 1.54) is 0 Å². The van der Waals surface area contributed by atoms with Crippen molar-refractivity contribution in [2.45, 2.75) is 0 Å². The van der Waals surface area contributed by atoms with Gasteiger partial charge in [0.2, 0.25) is 11.8 Å². The van der Waals surface area contributed by atoms with Crippen molar-refractivity contribution in [2.24, 2.45) is 11.5 Å². The predicted molar refractivity (Wildman–Crippen MR) is 50.8 cm³/mol. The summed E-state index contributed by atoms with van der Waals surface area (Å²) in [5.74, 6) is -0.963. The molecule has 7 nitrogen and oxygen atoms in total. The SMILES string of the molecule is C=CC(N)=O.C=CC(N)=O.O=[P+](O)O. The molecule has 0 unspecified atom stereocenters. The zero-order valence-electron chi connectivity index (χ0n) is 7.29. The summed E-state index contributed by atoms with van der Waals surface area (Å²) in [6.07, 6.45) is 2.11. The average molecular weight is 223 g/mol. The van der Waals surface area contributed by atoms with E-state index >= 15 is 0 Å². The number of carbonyl (C=O) groups is 2. The lowest BCUT2D eigenvalue weighted by molar-refractivity contribution is -0.114. The molecule has 0 saturated carbocycles. The van der Waals surface area contributed by atoms with Gasteiger partial charge in [-0.1, -0.05) is 13.2 Å². The van der Waals surface area contributed by atoms with Crippen LogP contribution < -0.4 is 11.5 Å². The van der Waals surface area contributed by atoms with Crippen molar-refractivity contribution in [3.63, 3.8) is 0 Å². The molecule has 0 rings (SSSR count). The Labute approximate surface area is 81.7 Å². The molecule has 2 amide bonds. The zero-order valence-corrected chi connectivity index (χ0v) is 8.18. The van der Waals surface area contributed by atoms with Gasteiger partial charge in [-0.05, 0) is 12.2 Å². The van der Waals surface area contributed by atoms with E-state index in [0.29, 0.717) is 0 Å². The first kappa shape index (κ1) is 18.3. The van der Waals surface area contributed by atoms with Gasteiger partial charge in [0.25, 0.3) is 0 Å². The van der Waals surface area contributed by atoms with E-state index in [2.05, 4.69) is 24.6 Å². The van der Waals surface area contributed by atoms with E-state index in [9.17, 15) is 9.59 Å². The molecule has 0 aliphatic carbocycles. The summed E-state index contributed by atoms with van der Waals surface area (Å²) in [6.45, 7) is 6.17. The minimum Gasteiger partial charge on any atom is -0.366 e. The van der Waals surface area contributed by atoms with Crippen LogP contribution in [-0.2, 0) is 14.2 Å². The number of hydrogen-bond acceptors (Lipinski definition) is 3. The minimum absolute atomic E-state index is 0.481. The Balaban J connectivity index is -0.000000131. The second-order valence-electron chi connectivity index (χ2n) is 1.47. The Hall–Kier alpha value is -1.56. The normalized spacial score (nSPS) is 6.43. The molecule has 0 spiro atoms. The number of nitrogens with two attached hydrogens (primary N) is 2. The topological polar surface area (TPSA) is 144 Å². The lowest BCUT2D eigenvalue weighted by Crippen LogP contribution is -2.04. The van der Waals surface area contributed by atoms with Crippen LogP contribution in [0.2, 0.25) is 0 Å². The van der Waals surface area contributed by atoms with E-state index in [0.717, 1.165) is 12.2 Å². The summed E-state index contributed by atoms with van der Waals surface area (Å²) >= 11 is 0. The van der Waals surface area contributed by atoms with Crippen LogP contribution in [0.15, 0.2) is 25.3 Å². The van der Waals surface area contributed by atoms with Gasteiger partial charge in [0.05, 0.1) is 0 Å². The molecule has 6 N–H and O–H groups in total. The van der Waals surface area contributed by atoms with Crippen molar-refractivity contribution < 1.29 is 23.9 Å². The highest BCUT2D eigenvalue weighted by Gasteiger charge is 1.93. The van der Waals surface area contributed by atoms with E-state index in [1.54, 1.807) is 0 Å². The van der Waals surface area contributed by atoms with Crippen LogP contribution in [0.5, 0.6) is 0 Å². The summed E-state index contributed by atoms with van der Waals surface area (Å²) in [7, 11) is -2.87. The average Bonchev–Trinajstić information content (AvgIpc) is 2.04. The molecular weight excluding hydrogens is 211 g/mol. The van der Waals surface area contributed by atoms with Gasteiger partial charge in [-0.25, -0.2) is 0 Å². The molecule has 0 aromatic rings. The van der Waals surface area contributed by atoms with Gasteiger partial charge in [-0.3, -0.25) is 9.59 Å². The summed E-state index contributed by atoms with van der Waals surface area (Å²) in [6, 6.07) is 0. The molecule has 0 aromatic heterocycles. The predicted octanol–water partition coefficient (Wildman–Crippen LogP) is -1.06. The van der Waals surface area contributed by atoms with Crippen molar-refractivity contribution in [3.05, 3.63) is 25.3 Å². The zero-order chi connectivity index (χ0) is 12.1. The first-order valence-corrected chi connectivity index (χ1v) is 4.13. The third-order valence-electron chi connectivity index (χ3n) is 0.402. The van der Waals surface area contributed by atoms with Crippen LogP contribution in [0.1, 0.15) is 0 Å². The van der Waals surface area contributed by atoms with E-state index < -0.39 is 20.1 Å². The van der Waals surface area contributed by atoms with Crippen molar-refractivity contribution in [2.75, 3.05) is 0 Å². The van der Waals surface area contributed by atoms with Gasteiger partial charge < -0.3 is 11.5 Å². The van der Waals surface area contributed by atoms with Crippen LogP contribution in [-0.4, -0.2) is 21.6 Å². The fourth-order valence-corrected chi connectivity index (χ4v) is 0. The first-order chi connectivity index (χ1) is 6.27. The van der Waals surface area contributed by atoms with Crippen LogP contribution in [0.3, 0.4) is 0 Å². The minimum atomic E-state index is -2.87. The number of carbonyl (C=O) groups excluding carboxylic acids is 2. The van der Waals surface area contributed by atoms with E-state index in [-0.39, 0.29) is 0 Å². The Morgan fingerprint density at radius 3 is 1.14 bits per heavy atom. The molecule has 80 valence electrons. The van der Waals surface area contributed by atoms with Crippen LogP contribution in [0, 0.1) is 0 Å². The molecule has 0 heterocycles. The standard InChI is InChI=1S/2C3H5NO.HO3P/c2*1-2-3(4)5;1-4(2)3/h2*2H,1H2,(H2,4,5);(H-,1,2,3)/p+1. The van der Waals surface area contributed by atoms with Crippen LogP contribution in [0.25, 0.3) is 0 Å². The molecule has 0 fully saturated rings. The molecule has 0 bridgehead atoms. The molecule has 0 saturated heterocycles. The summed E-state index contributed by atoms with van der Waals surface area (Å²) in [5, 5.41) is 0. The van der Waals surface area contributed by atoms with Gasteiger partial charge >= 0.3 is 8.25 Å². The number of rotatable bonds is 2. The molecule has 0 aromatic carbocycles. The van der Waals surface area contributed by atoms with Crippen LogP contribution in [0.4, 0.5) is 0 Å². The fraction of sp³-hybridized carbons (Fsp3) is 0. The monoisotopic (exact) mass is 223 g/mol. The smallest absolute Gasteiger partial charge is 0.366 e. The number of primary amides is 2. The summed E-state index contributed by atoms with van der Waals surface area (Å²) < 4.78 is 8.70. The maximum Gasteiger partial charge on any atom is 0.692 e. The third kappa shape index (κ3) is 156. The fourth-order valence-electron chi connectivity index (χ4n) is 0. The van der Waals surface area contributed by atoms with Crippen molar-refractivity contribution >= 4 is 20.1 Å². The Bertz CT molecular complexity index is 206. The lowest BCUT2D eigenvalue weighted by Gasteiger charge is -1.65. The lowest BCUT2D eigenvalue weighted by atomic mass is 10.6. The quantitative estimate of drug-likeness (QED) is 0.348. The highest BCUT2D eigenvalue weighted by molar-refractivity contribution is 7.30. The van der Waals surface area contributed by atoms with E-state index in [1.807, 2.05) is 0 Å². The highest BCUT2D eigenvalue weighted by atomic mass is 31.1. The first-order valence-electron chi connectivity index (χ1n) is 2.96. The molecule has 14 heavy (non-hydrogen) atoms. The van der Waals surface area contributed by atoms with Gasteiger partial charge in [-0.2, -0.15) is 0 Å². The van der Waals surface area contributed by atoms with Crippen molar-refractivity contribution in [3.8, 4) is 0 Å². The Morgan fingerprint density at radius 2 is 1.14 bits per heavy atom. The van der Waals surface area contributed by atoms with E-state index in [4.69, 9.17) is 14.4 Å². The Kier molecular flexibility index (Phi) is 18.3. The van der Waals surface area contributed by atoms with Gasteiger partial charge in [0.15, 0.2) is 0 Å². The second-order valence-corrected chi connectivity index (χ2v) is 1.97. The van der Waals surface area contributed by atoms with Crippen LogP contribution >= 0.6 is 8.25 Å². The van der Waals surface area contributed by atoms with Crippen molar-refractivity contribution in [1.82, 2.24) is 0 Å². The molecule has 0 radical (unpaired) electrons. The van der Waals surface area contributed by atoms with Gasteiger partial charge in [0, 0.05) is 4.57 Å². The molecule has 0 aliphatic rings. The maximum absolute atomic E-state index is 9.47. The van der Waals surface area contributed by atoms with Crippen molar-refractivity contribution in [1.29, 1.82) is 0 Å². The Morgan fingerprint density at radius 1 is 1.07 bits per heavy atom. The highest BCUT2D eigenvalue weighted by Crippen LogP contribution is 1.98. The molecule has 8 heteroatoms. The molecule has 0 aliphatic heterocycles. The van der Waals surface area contributed by atoms with Gasteiger partial charge in [0.1, 0.15) is 0 Å². The second kappa shape index (κ2) is 14.0. The third-order valence-corrected chi connectivity index (χ3v) is 0.402.